The number of allylic oxidation sites excluding steroid dienone is 5. The van der Waals surface area contributed by atoms with Crippen LogP contribution in [0.4, 0.5) is 0 Å². The summed E-state index contributed by atoms with van der Waals surface area (Å²) in [5.41, 5.74) is 8.65. The first-order chi connectivity index (χ1) is 6.33. The van der Waals surface area contributed by atoms with Gasteiger partial charge >= 0.3 is 0 Å². The first-order valence-electron chi connectivity index (χ1n) is 4.21. The van der Waals surface area contributed by atoms with Crippen molar-refractivity contribution in [1.29, 1.82) is 0 Å². The minimum atomic E-state index is 0.496. The fraction of sp³-hybridized carbons (Fsp3) is 0.182. The van der Waals surface area contributed by atoms with Gasteiger partial charge < -0.3 is 5.73 Å². The van der Waals surface area contributed by atoms with Gasteiger partial charge in [0, 0.05) is 19.2 Å². The van der Waals surface area contributed by atoms with Gasteiger partial charge in [0.2, 0.25) is 0 Å². The summed E-state index contributed by atoms with van der Waals surface area (Å²) in [5.74, 6) is 0. The van der Waals surface area contributed by atoms with E-state index in [1.54, 1.807) is 13.1 Å². The Hall–Kier alpha value is -1.41. The Kier molecular flexibility index (Phi) is 3.41. The Labute approximate surface area is 78.9 Å². The van der Waals surface area contributed by atoms with Crippen LogP contribution in [0.5, 0.6) is 0 Å². The van der Waals surface area contributed by atoms with Crippen LogP contribution < -0.4 is 5.73 Å². The highest BCUT2D eigenvalue weighted by atomic mass is 14.7. The molecule has 0 saturated carbocycles. The Balaban J connectivity index is 3.15. The SMILES string of the molecule is C=C/C(CN)=C1/C=CC=CC1=NC. The van der Waals surface area contributed by atoms with E-state index in [2.05, 4.69) is 11.6 Å². The molecular weight excluding hydrogens is 160 g/mol. The summed E-state index contributed by atoms with van der Waals surface area (Å²) in [4.78, 5) is 4.16. The highest BCUT2D eigenvalue weighted by Gasteiger charge is 2.06. The predicted molar refractivity (Wildman–Crippen MR) is 57.9 cm³/mol. The summed E-state index contributed by atoms with van der Waals surface area (Å²) in [6.07, 6.45) is 9.69. The number of rotatable bonds is 2. The quantitative estimate of drug-likeness (QED) is 0.678. The van der Waals surface area contributed by atoms with E-state index >= 15 is 0 Å². The van der Waals surface area contributed by atoms with Gasteiger partial charge in [-0.05, 0) is 11.6 Å². The summed E-state index contributed by atoms with van der Waals surface area (Å²) in [6, 6.07) is 0. The normalized spacial score (nSPS) is 22.2. The molecule has 0 amide bonds. The molecule has 0 aliphatic heterocycles. The van der Waals surface area contributed by atoms with Crippen LogP contribution in [0.3, 0.4) is 0 Å². The van der Waals surface area contributed by atoms with E-state index in [-0.39, 0.29) is 0 Å². The van der Waals surface area contributed by atoms with E-state index in [4.69, 9.17) is 5.73 Å². The van der Waals surface area contributed by atoms with Crippen LogP contribution in [0.15, 0.2) is 53.1 Å². The fourth-order valence-corrected chi connectivity index (χ4v) is 1.24. The van der Waals surface area contributed by atoms with Crippen LogP contribution in [0.2, 0.25) is 0 Å². The zero-order chi connectivity index (χ0) is 9.68. The number of nitrogens with two attached hydrogens (primary N) is 1. The zero-order valence-electron chi connectivity index (χ0n) is 7.83. The maximum Gasteiger partial charge on any atom is 0.0646 e. The topological polar surface area (TPSA) is 38.4 Å². The average molecular weight is 174 g/mol. The second kappa shape index (κ2) is 4.58. The lowest BCUT2D eigenvalue weighted by molar-refractivity contribution is 1.18. The van der Waals surface area contributed by atoms with E-state index in [0.717, 1.165) is 16.9 Å². The van der Waals surface area contributed by atoms with Crippen molar-refractivity contribution in [2.45, 2.75) is 0 Å². The molecule has 2 N–H and O–H groups in total. The van der Waals surface area contributed by atoms with Gasteiger partial charge in [-0.15, -0.1) is 0 Å². The van der Waals surface area contributed by atoms with Gasteiger partial charge in [0.1, 0.15) is 0 Å². The van der Waals surface area contributed by atoms with Crippen LogP contribution in [0, 0.1) is 0 Å². The van der Waals surface area contributed by atoms with Crippen LogP contribution in [0.1, 0.15) is 0 Å². The summed E-state index contributed by atoms with van der Waals surface area (Å²) in [6.45, 7) is 4.22. The molecular formula is C11H14N2. The molecule has 1 rings (SSSR count). The molecule has 0 bridgehead atoms. The first kappa shape index (κ1) is 9.68. The molecule has 1 aliphatic rings. The molecule has 68 valence electrons. The van der Waals surface area contributed by atoms with Crippen molar-refractivity contribution >= 4 is 5.71 Å². The Morgan fingerprint density at radius 1 is 1.54 bits per heavy atom. The van der Waals surface area contributed by atoms with E-state index in [1.165, 1.54) is 0 Å². The molecule has 2 nitrogen and oxygen atoms in total. The van der Waals surface area contributed by atoms with Gasteiger partial charge in [0.15, 0.2) is 0 Å². The Morgan fingerprint density at radius 3 is 2.77 bits per heavy atom. The van der Waals surface area contributed by atoms with Gasteiger partial charge in [-0.3, -0.25) is 4.99 Å². The molecule has 13 heavy (non-hydrogen) atoms. The van der Waals surface area contributed by atoms with Crippen molar-refractivity contribution in [2.24, 2.45) is 10.7 Å². The molecule has 0 radical (unpaired) electrons. The van der Waals surface area contributed by atoms with Crippen molar-refractivity contribution in [3.05, 3.63) is 48.1 Å². The first-order valence-corrected chi connectivity index (χ1v) is 4.21. The minimum absolute atomic E-state index is 0.496. The molecule has 1 aliphatic carbocycles. The standard InChI is InChI=1S/C11H14N2/c1-3-9(8-12)10-6-4-5-7-11(10)13-2/h3-7H,1,8,12H2,2H3/b10-9+,13-11?. The minimum Gasteiger partial charge on any atom is -0.326 e. The number of hydrogen-bond acceptors (Lipinski definition) is 2. The molecule has 0 aromatic carbocycles. The van der Waals surface area contributed by atoms with E-state index < -0.39 is 0 Å². The Bertz CT molecular complexity index is 317. The number of aliphatic imine (C=N–C) groups is 1. The van der Waals surface area contributed by atoms with Crippen LogP contribution >= 0.6 is 0 Å². The van der Waals surface area contributed by atoms with Gasteiger partial charge in [-0.2, -0.15) is 0 Å². The average Bonchev–Trinajstić information content (AvgIpc) is 2.20. The van der Waals surface area contributed by atoms with Gasteiger partial charge in [-0.1, -0.05) is 30.9 Å². The second-order valence-electron chi connectivity index (χ2n) is 2.67. The highest BCUT2D eigenvalue weighted by Crippen LogP contribution is 2.13. The Morgan fingerprint density at radius 2 is 2.23 bits per heavy atom. The van der Waals surface area contributed by atoms with Crippen LogP contribution in [-0.2, 0) is 0 Å². The lowest BCUT2D eigenvalue weighted by atomic mass is 9.99. The third-order valence-electron chi connectivity index (χ3n) is 1.96. The monoisotopic (exact) mass is 174 g/mol. The number of hydrogen-bond donors (Lipinski definition) is 1. The van der Waals surface area contributed by atoms with Crippen molar-refractivity contribution in [1.82, 2.24) is 0 Å². The van der Waals surface area contributed by atoms with Crippen molar-refractivity contribution < 1.29 is 0 Å². The zero-order valence-corrected chi connectivity index (χ0v) is 7.83. The van der Waals surface area contributed by atoms with Gasteiger partial charge in [-0.25, -0.2) is 0 Å². The van der Waals surface area contributed by atoms with Crippen molar-refractivity contribution in [2.75, 3.05) is 13.6 Å². The van der Waals surface area contributed by atoms with Crippen LogP contribution in [-0.4, -0.2) is 19.3 Å². The predicted octanol–water partition coefficient (Wildman–Crippen LogP) is 1.62. The number of nitrogens with zero attached hydrogens (tertiary/aromatic N) is 1. The molecule has 2 heteroatoms. The second-order valence-corrected chi connectivity index (χ2v) is 2.67. The van der Waals surface area contributed by atoms with Gasteiger partial charge in [0.25, 0.3) is 0 Å². The van der Waals surface area contributed by atoms with E-state index in [9.17, 15) is 0 Å². The molecule has 0 fully saturated rings. The summed E-state index contributed by atoms with van der Waals surface area (Å²) in [5, 5.41) is 0. The molecule has 0 aromatic heterocycles. The molecule has 0 saturated heterocycles. The van der Waals surface area contributed by atoms with E-state index in [0.29, 0.717) is 6.54 Å². The molecule has 0 spiro atoms. The molecule has 0 aromatic rings. The fourth-order valence-electron chi connectivity index (χ4n) is 1.24. The third-order valence-corrected chi connectivity index (χ3v) is 1.96. The smallest absolute Gasteiger partial charge is 0.0646 e. The molecule has 0 unspecified atom stereocenters. The largest absolute Gasteiger partial charge is 0.326 e. The molecule has 0 heterocycles. The lowest BCUT2D eigenvalue weighted by Gasteiger charge is -2.09. The van der Waals surface area contributed by atoms with E-state index in [1.807, 2.05) is 24.3 Å². The van der Waals surface area contributed by atoms with Crippen LogP contribution in [0.25, 0.3) is 0 Å². The maximum atomic E-state index is 5.59. The maximum absolute atomic E-state index is 5.59. The third kappa shape index (κ3) is 2.04. The van der Waals surface area contributed by atoms with Crippen molar-refractivity contribution in [3.8, 4) is 0 Å². The summed E-state index contributed by atoms with van der Waals surface area (Å²) in [7, 11) is 1.77. The molecule has 0 atom stereocenters. The van der Waals surface area contributed by atoms with Gasteiger partial charge in [0.05, 0.1) is 5.71 Å². The lowest BCUT2D eigenvalue weighted by Crippen LogP contribution is -2.09. The highest BCUT2D eigenvalue weighted by molar-refractivity contribution is 6.12. The summed E-state index contributed by atoms with van der Waals surface area (Å²) >= 11 is 0. The van der Waals surface area contributed by atoms with Crippen molar-refractivity contribution in [3.63, 3.8) is 0 Å². The summed E-state index contributed by atoms with van der Waals surface area (Å²) < 4.78 is 0.